The SMILES string of the molecule is CCC(CO)N1CCN(C(=O)Nc2cccc(Cl)c2C)CC1. The van der Waals surface area contributed by atoms with Crippen molar-refractivity contribution in [1.82, 2.24) is 9.80 Å². The number of amides is 2. The van der Waals surface area contributed by atoms with Crippen LogP contribution >= 0.6 is 11.6 Å². The largest absolute Gasteiger partial charge is 0.395 e. The number of anilines is 1. The second kappa shape index (κ2) is 7.81. The van der Waals surface area contributed by atoms with Gasteiger partial charge in [-0.1, -0.05) is 24.6 Å². The summed E-state index contributed by atoms with van der Waals surface area (Å²) >= 11 is 6.07. The van der Waals surface area contributed by atoms with Crippen LogP contribution in [-0.4, -0.2) is 59.8 Å². The van der Waals surface area contributed by atoms with Crippen LogP contribution in [0.1, 0.15) is 18.9 Å². The zero-order chi connectivity index (χ0) is 16.1. The first-order valence-electron chi connectivity index (χ1n) is 7.72. The summed E-state index contributed by atoms with van der Waals surface area (Å²) in [6.45, 7) is 7.06. The molecule has 0 bridgehead atoms. The Hall–Kier alpha value is -1.30. The van der Waals surface area contributed by atoms with Crippen molar-refractivity contribution in [2.75, 3.05) is 38.1 Å². The van der Waals surface area contributed by atoms with Gasteiger partial charge >= 0.3 is 6.03 Å². The predicted molar refractivity (Wildman–Crippen MR) is 89.5 cm³/mol. The van der Waals surface area contributed by atoms with E-state index in [1.807, 2.05) is 25.1 Å². The molecule has 1 atom stereocenters. The fourth-order valence-corrected chi connectivity index (χ4v) is 2.90. The fraction of sp³-hybridized carbons (Fsp3) is 0.562. The van der Waals surface area contributed by atoms with Gasteiger partial charge in [0.15, 0.2) is 0 Å². The lowest BCUT2D eigenvalue weighted by atomic mass is 10.1. The number of aliphatic hydroxyl groups excluding tert-OH is 1. The molecule has 0 aliphatic carbocycles. The molecule has 0 aromatic heterocycles. The van der Waals surface area contributed by atoms with Crippen molar-refractivity contribution in [3.05, 3.63) is 28.8 Å². The van der Waals surface area contributed by atoms with Crippen LogP contribution in [-0.2, 0) is 0 Å². The smallest absolute Gasteiger partial charge is 0.321 e. The normalized spacial score (nSPS) is 17.4. The summed E-state index contributed by atoms with van der Waals surface area (Å²) in [5.41, 5.74) is 1.63. The predicted octanol–water partition coefficient (Wildman–Crippen LogP) is 2.57. The maximum absolute atomic E-state index is 12.4. The molecule has 6 heteroatoms. The van der Waals surface area contributed by atoms with E-state index >= 15 is 0 Å². The molecule has 2 amide bonds. The van der Waals surface area contributed by atoms with Crippen molar-refractivity contribution in [2.45, 2.75) is 26.3 Å². The number of urea groups is 1. The number of halogens is 1. The number of benzene rings is 1. The Kier molecular flexibility index (Phi) is 6.06. The molecule has 1 aromatic carbocycles. The third-order valence-corrected chi connectivity index (χ3v) is 4.72. The quantitative estimate of drug-likeness (QED) is 0.894. The topological polar surface area (TPSA) is 55.8 Å². The number of aliphatic hydroxyl groups is 1. The van der Waals surface area contributed by atoms with Gasteiger partial charge in [-0.25, -0.2) is 4.79 Å². The molecule has 22 heavy (non-hydrogen) atoms. The monoisotopic (exact) mass is 325 g/mol. The Morgan fingerprint density at radius 2 is 2.05 bits per heavy atom. The third-order valence-electron chi connectivity index (χ3n) is 4.31. The minimum absolute atomic E-state index is 0.0953. The van der Waals surface area contributed by atoms with Crippen molar-refractivity contribution in [3.8, 4) is 0 Å². The summed E-state index contributed by atoms with van der Waals surface area (Å²) in [6, 6.07) is 5.59. The number of carbonyl (C=O) groups excluding carboxylic acids is 1. The highest BCUT2D eigenvalue weighted by molar-refractivity contribution is 6.31. The van der Waals surface area contributed by atoms with E-state index in [-0.39, 0.29) is 18.7 Å². The summed E-state index contributed by atoms with van der Waals surface area (Å²) < 4.78 is 0. The van der Waals surface area contributed by atoms with E-state index < -0.39 is 0 Å². The molecule has 2 rings (SSSR count). The van der Waals surface area contributed by atoms with Crippen molar-refractivity contribution in [3.63, 3.8) is 0 Å². The molecular weight excluding hydrogens is 302 g/mol. The van der Waals surface area contributed by atoms with E-state index in [0.29, 0.717) is 18.1 Å². The third kappa shape index (κ3) is 3.91. The standard InChI is InChI=1S/C16H24ClN3O2/c1-3-13(11-21)19-7-9-20(10-8-19)16(22)18-15-6-4-5-14(17)12(15)2/h4-6,13,21H,3,7-11H2,1-2H3,(H,18,22). The van der Waals surface area contributed by atoms with Crippen LogP contribution in [0.25, 0.3) is 0 Å². The van der Waals surface area contributed by atoms with Crippen molar-refractivity contribution >= 4 is 23.3 Å². The molecule has 1 fully saturated rings. The first-order chi connectivity index (χ1) is 10.6. The van der Waals surface area contributed by atoms with Crippen LogP contribution in [0.5, 0.6) is 0 Å². The van der Waals surface area contributed by atoms with Crippen LogP contribution in [0.3, 0.4) is 0 Å². The molecule has 122 valence electrons. The average molecular weight is 326 g/mol. The Morgan fingerprint density at radius 1 is 1.36 bits per heavy atom. The second-order valence-corrected chi connectivity index (χ2v) is 6.02. The van der Waals surface area contributed by atoms with Gasteiger partial charge in [-0.2, -0.15) is 0 Å². The zero-order valence-electron chi connectivity index (χ0n) is 13.2. The number of nitrogens with one attached hydrogen (secondary N) is 1. The highest BCUT2D eigenvalue weighted by Gasteiger charge is 2.25. The van der Waals surface area contributed by atoms with E-state index in [4.69, 9.17) is 11.6 Å². The van der Waals surface area contributed by atoms with E-state index in [2.05, 4.69) is 17.1 Å². The molecule has 1 heterocycles. The summed E-state index contributed by atoms with van der Waals surface area (Å²) in [4.78, 5) is 16.4. The van der Waals surface area contributed by atoms with E-state index in [9.17, 15) is 9.90 Å². The van der Waals surface area contributed by atoms with Gasteiger partial charge in [0.1, 0.15) is 0 Å². The van der Waals surface area contributed by atoms with Gasteiger partial charge in [-0.05, 0) is 31.0 Å². The lowest BCUT2D eigenvalue weighted by Crippen LogP contribution is -2.53. The number of hydrogen-bond acceptors (Lipinski definition) is 3. The molecule has 1 aliphatic heterocycles. The number of piperazine rings is 1. The molecule has 0 saturated carbocycles. The van der Waals surface area contributed by atoms with Gasteiger partial charge in [0, 0.05) is 42.9 Å². The van der Waals surface area contributed by atoms with Crippen LogP contribution in [0.15, 0.2) is 18.2 Å². The van der Waals surface area contributed by atoms with Crippen LogP contribution in [0, 0.1) is 6.92 Å². The fourth-order valence-electron chi connectivity index (χ4n) is 2.73. The number of rotatable bonds is 4. The molecule has 1 saturated heterocycles. The number of carbonyl (C=O) groups is 1. The van der Waals surface area contributed by atoms with Gasteiger partial charge in [0.25, 0.3) is 0 Å². The van der Waals surface area contributed by atoms with E-state index in [1.54, 1.807) is 4.90 Å². The number of nitrogens with zero attached hydrogens (tertiary/aromatic N) is 2. The molecule has 0 radical (unpaired) electrons. The summed E-state index contributed by atoms with van der Waals surface area (Å²) in [5, 5.41) is 12.9. The molecule has 1 unspecified atom stereocenters. The highest BCUT2D eigenvalue weighted by Crippen LogP contribution is 2.23. The molecule has 5 nitrogen and oxygen atoms in total. The average Bonchev–Trinajstić information content (AvgIpc) is 2.53. The van der Waals surface area contributed by atoms with E-state index in [1.165, 1.54) is 0 Å². The lowest BCUT2D eigenvalue weighted by molar-refractivity contribution is 0.0766. The summed E-state index contributed by atoms with van der Waals surface area (Å²) in [5.74, 6) is 0. The molecule has 1 aliphatic rings. The summed E-state index contributed by atoms with van der Waals surface area (Å²) in [7, 11) is 0. The Morgan fingerprint density at radius 3 is 2.64 bits per heavy atom. The molecule has 0 spiro atoms. The van der Waals surface area contributed by atoms with Gasteiger partial charge in [-0.3, -0.25) is 4.90 Å². The van der Waals surface area contributed by atoms with Gasteiger partial charge in [0.05, 0.1) is 6.61 Å². The Labute approximate surface area is 136 Å². The van der Waals surface area contributed by atoms with Crippen LogP contribution < -0.4 is 5.32 Å². The van der Waals surface area contributed by atoms with Crippen LogP contribution in [0.2, 0.25) is 5.02 Å². The van der Waals surface area contributed by atoms with Gasteiger partial charge in [0.2, 0.25) is 0 Å². The lowest BCUT2D eigenvalue weighted by Gasteiger charge is -2.38. The first kappa shape index (κ1) is 17.1. The summed E-state index contributed by atoms with van der Waals surface area (Å²) in [6.07, 6.45) is 0.921. The maximum atomic E-state index is 12.4. The molecule has 2 N–H and O–H groups in total. The second-order valence-electron chi connectivity index (χ2n) is 5.61. The number of hydrogen-bond donors (Lipinski definition) is 2. The molecule has 1 aromatic rings. The highest BCUT2D eigenvalue weighted by atomic mass is 35.5. The Bertz CT molecular complexity index is 512. The minimum Gasteiger partial charge on any atom is -0.395 e. The van der Waals surface area contributed by atoms with Crippen LogP contribution in [0.4, 0.5) is 10.5 Å². The zero-order valence-corrected chi connectivity index (χ0v) is 13.9. The van der Waals surface area contributed by atoms with Gasteiger partial charge < -0.3 is 15.3 Å². The van der Waals surface area contributed by atoms with Gasteiger partial charge in [-0.15, -0.1) is 0 Å². The Balaban J connectivity index is 1.91. The minimum atomic E-state index is -0.0953. The maximum Gasteiger partial charge on any atom is 0.321 e. The molecular formula is C16H24ClN3O2. The first-order valence-corrected chi connectivity index (χ1v) is 8.10. The van der Waals surface area contributed by atoms with Crippen molar-refractivity contribution < 1.29 is 9.90 Å². The van der Waals surface area contributed by atoms with E-state index in [0.717, 1.165) is 30.8 Å². The van der Waals surface area contributed by atoms with Crippen molar-refractivity contribution in [1.29, 1.82) is 0 Å². The van der Waals surface area contributed by atoms with Crippen molar-refractivity contribution in [2.24, 2.45) is 0 Å².